The van der Waals surface area contributed by atoms with Crippen LogP contribution >= 0.6 is 0 Å². The number of nitrogens with zero attached hydrogens (tertiary/aromatic N) is 3. The zero-order valence-electron chi connectivity index (χ0n) is 14.4. The fourth-order valence-electron chi connectivity index (χ4n) is 3.11. The largest absolute Gasteiger partial charge is 0.350 e. The Kier molecular flexibility index (Phi) is 5.25. The number of aromatic nitrogens is 3. The van der Waals surface area contributed by atoms with E-state index in [4.69, 9.17) is 0 Å². The van der Waals surface area contributed by atoms with E-state index in [-0.39, 0.29) is 5.91 Å². The lowest BCUT2D eigenvalue weighted by molar-refractivity contribution is 0.0948. The average Bonchev–Trinajstić information content (AvgIpc) is 2.99. The predicted octanol–water partition coefficient (Wildman–Crippen LogP) is 1.79. The Morgan fingerprint density at radius 3 is 2.67 bits per heavy atom. The van der Waals surface area contributed by atoms with E-state index in [1.165, 1.54) is 11.1 Å². The molecule has 1 fully saturated rings. The van der Waals surface area contributed by atoms with Gasteiger partial charge in [0.2, 0.25) is 0 Å². The molecule has 0 atom stereocenters. The lowest BCUT2D eigenvalue weighted by Gasteiger charge is -2.23. The number of hydrogen-bond donors (Lipinski definition) is 2. The third-order valence-corrected chi connectivity index (χ3v) is 4.62. The predicted molar refractivity (Wildman–Crippen MR) is 93.1 cm³/mol. The van der Waals surface area contributed by atoms with Crippen LogP contribution < -0.4 is 10.6 Å². The van der Waals surface area contributed by atoms with Crippen LogP contribution in [0.1, 0.15) is 46.2 Å². The van der Waals surface area contributed by atoms with E-state index in [1.54, 1.807) is 0 Å². The molecule has 1 saturated heterocycles. The highest BCUT2D eigenvalue weighted by molar-refractivity contribution is 5.93. The number of benzene rings is 1. The Hall–Kier alpha value is -2.21. The number of nitrogens with one attached hydrogen (secondary N) is 2. The third kappa shape index (κ3) is 3.82. The molecule has 2 heterocycles. The van der Waals surface area contributed by atoms with Crippen LogP contribution in [0.5, 0.6) is 0 Å². The minimum atomic E-state index is -0.139. The van der Waals surface area contributed by atoms with Gasteiger partial charge in [0.25, 0.3) is 5.91 Å². The molecule has 6 heteroatoms. The van der Waals surface area contributed by atoms with Crippen molar-refractivity contribution in [2.24, 2.45) is 0 Å². The Morgan fingerprint density at radius 1 is 1.25 bits per heavy atom. The van der Waals surface area contributed by atoms with Gasteiger partial charge in [0.1, 0.15) is 0 Å². The first-order chi connectivity index (χ1) is 11.6. The summed E-state index contributed by atoms with van der Waals surface area (Å²) < 4.78 is 1.91. The van der Waals surface area contributed by atoms with E-state index < -0.39 is 0 Å². The smallest absolute Gasteiger partial charge is 0.273 e. The highest BCUT2D eigenvalue weighted by Crippen LogP contribution is 2.20. The van der Waals surface area contributed by atoms with Gasteiger partial charge in [-0.1, -0.05) is 35.0 Å². The van der Waals surface area contributed by atoms with E-state index in [9.17, 15) is 4.79 Å². The number of carbonyl (C=O) groups excluding carboxylic acids is 1. The molecule has 6 nitrogen and oxygen atoms in total. The number of aryl methyl sites for hydroxylation is 1. The minimum Gasteiger partial charge on any atom is -0.350 e. The molecular weight excluding hydrogens is 302 g/mol. The van der Waals surface area contributed by atoms with Gasteiger partial charge in [-0.2, -0.15) is 0 Å². The summed E-state index contributed by atoms with van der Waals surface area (Å²) in [5, 5.41) is 14.6. The third-order valence-electron chi connectivity index (χ3n) is 4.62. The second-order valence-electron chi connectivity index (χ2n) is 6.44. The topological polar surface area (TPSA) is 71.8 Å². The first-order valence-corrected chi connectivity index (χ1v) is 8.61. The summed E-state index contributed by atoms with van der Waals surface area (Å²) >= 11 is 0. The van der Waals surface area contributed by atoms with Crippen molar-refractivity contribution in [1.29, 1.82) is 0 Å². The highest BCUT2D eigenvalue weighted by atomic mass is 16.2. The van der Waals surface area contributed by atoms with Crippen LogP contribution in [-0.2, 0) is 6.42 Å². The first-order valence-electron chi connectivity index (χ1n) is 8.61. The zero-order chi connectivity index (χ0) is 16.9. The van der Waals surface area contributed by atoms with Crippen molar-refractivity contribution in [2.75, 3.05) is 19.6 Å². The maximum absolute atomic E-state index is 12.4. The lowest BCUT2D eigenvalue weighted by Crippen LogP contribution is -2.30. The molecule has 2 aromatic rings. The quantitative estimate of drug-likeness (QED) is 0.878. The minimum absolute atomic E-state index is 0.139. The maximum atomic E-state index is 12.4. The fourth-order valence-corrected chi connectivity index (χ4v) is 3.11. The van der Waals surface area contributed by atoms with Gasteiger partial charge in [-0.3, -0.25) is 4.79 Å². The number of rotatable bonds is 5. The van der Waals surface area contributed by atoms with Crippen LogP contribution in [0.4, 0.5) is 0 Å². The van der Waals surface area contributed by atoms with E-state index in [0.717, 1.165) is 38.0 Å². The molecule has 0 bridgehead atoms. The maximum Gasteiger partial charge on any atom is 0.273 e. The van der Waals surface area contributed by atoms with Crippen LogP contribution in [0.2, 0.25) is 0 Å². The Labute approximate surface area is 142 Å². The van der Waals surface area contributed by atoms with Gasteiger partial charge in [-0.05, 0) is 51.8 Å². The van der Waals surface area contributed by atoms with Crippen molar-refractivity contribution >= 4 is 5.91 Å². The standard InChI is InChI=1S/C18H25N5O/c1-13-3-5-15(6-4-13)7-12-20-18(24)17-14(2)23(22-21-17)16-8-10-19-11-9-16/h3-6,16,19H,7-12H2,1-2H3,(H,20,24). The van der Waals surface area contributed by atoms with Gasteiger partial charge in [0.15, 0.2) is 5.69 Å². The van der Waals surface area contributed by atoms with Gasteiger partial charge in [0.05, 0.1) is 11.7 Å². The summed E-state index contributed by atoms with van der Waals surface area (Å²) in [7, 11) is 0. The molecule has 1 amide bonds. The van der Waals surface area contributed by atoms with Crippen LogP contribution in [0.25, 0.3) is 0 Å². The molecule has 0 radical (unpaired) electrons. The van der Waals surface area contributed by atoms with Crippen molar-refractivity contribution in [1.82, 2.24) is 25.6 Å². The molecule has 1 aliphatic heterocycles. The van der Waals surface area contributed by atoms with Crippen molar-refractivity contribution in [2.45, 2.75) is 39.2 Å². The highest BCUT2D eigenvalue weighted by Gasteiger charge is 2.22. The Balaban J connectivity index is 1.57. The fraction of sp³-hybridized carbons (Fsp3) is 0.500. The van der Waals surface area contributed by atoms with Crippen LogP contribution in [0.3, 0.4) is 0 Å². The number of amides is 1. The number of piperidine rings is 1. The SMILES string of the molecule is Cc1ccc(CCNC(=O)c2nnn(C3CCNCC3)c2C)cc1. The van der Waals surface area contributed by atoms with Gasteiger partial charge in [0, 0.05) is 6.54 Å². The molecule has 2 N–H and O–H groups in total. The van der Waals surface area contributed by atoms with E-state index in [2.05, 4.69) is 52.1 Å². The number of hydrogen-bond acceptors (Lipinski definition) is 4. The molecule has 0 spiro atoms. The average molecular weight is 327 g/mol. The second kappa shape index (κ2) is 7.57. The summed E-state index contributed by atoms with van der Waals surface area (Å²) in [6.45, 7) is 6.57. The van der Waals surface area contributed by atoms with E-state index in [0.29, 0.717) is 18.3 Å². The molecule has 0 unspecified atom stereocenters. The van der Waals surface area contributed by atoms with Crippen LogP contribution in [0.15, 0.2) is 24.3 Å². The lowest BCUT2D eigenvalue weighted by atomic mass is 10.1. The second-order valence-corrected chi connectivity index (χ2v) is 6.44. The Bertz CT molecular complexity index is 686. The van der Waals surface area contributed by atoms with Gasteiger partial charge in [-0.25, -0.2) is 4.68 Å². The summed E-state index contributed by atoms with van der Waals surface area (Å²) in [5.41, 5.74) is 3.76. The number of carbonyl (C=O) groups is 1. The Morgan fingerprint density at radius 2 is 1.96 bits per heavy atom. The summed E-state index contributed by atoms with van der Waals surface area (Å²) in [4.78, 5) is 12.4. The molecule has 0 aliphatic carbocycles. The molecule has 0 saturated carbocycles. The van der Waals surface area contributed by atoms with E-state index >= 15 is 0 Å². The summed E-state index contributed by atoms with van der Waals surface area (Å²) in [6.07, 6.45) is 2.87. The molecule has 128 valence electrons. The van der Waals surface area contributed by atoms with Gasteiger partial charge in [-0.15, -0.1) is 5.10 Å². The molecule has 3 rings (SSSR count). The molecular formula is C18H25N5O. The molecule has 24 heavy (non-hydrogen) atoms. The first kappa shape index (κ1) is 16.6. The monoisotopic (exact) mass is 327 g/mol. The summed E-state index contributed by atoms with van der Waals surface area (Å²) in [6, 6.07) is 8.71. The van der Waals surface area contributed by atoms with Crippen LogP contribution in [0, 0.1) is 13.8 Å². The molecule has 1 aromatic heterocycles. The van der Waals surface area contributed by atoms with Crippen molar-refractivity contribution in [3.05, 3.63) is 46.8 Å². The van der Waals surface area contributed by atoms with Crippen molar-refractivity contribution in [3.8, 4) is 0 Å². The molecule has 1 aliphatic rings. The zero-order valence-corrected chi connectivity index (χ0v) is 14.4. The van der Waals surface area contributed by atoms with Gasteiger partial charge >= 0.3 is 0 Å². The van der Waals surface area contributed by atoms with Crippen molar-refractivity contribution < 1.29 is 4.79 Å². The van der Waals surface area contributed by atoms with Gasteiger partial charge < -0.3 is 10.6 Å². The van der Waals surface area contributed by atoms with Crippen molar-refractivity contribution in [3.63, 3.8) is 0 Å². The normalized spacial score (nSPS) is 15.4. The summed E-state index contributed by atoms with van der Waals surface area (Å²) in [5.74, 6) is -0.139. The van der Waals surface area contributed by atoms with Crippen LogP contribution in [-0.4, -0.2) is 40.5 Å². The van der Waals surface area contributed by atoms with E-state index in [1.807, 2.05) is 11.6 Å². The molecule has 1 aromatic carbocycles.